The van der Waals surface area contributed by atoms with Crippen molar-refractivity contribution in [2.24, 2.45) is 0 Å². The number of fused-ring (bicyclic) bond motifs is 1. The van der Waals surface area contributed by atoms with Crippen LogP contribution in [0.25, 0.3) is 11.2 Å². The van der Waals surface area contributed by atoms with E-state index in [1.807, 2.05) is 25.1 Å². The lowest BCUT2D eigenvalue weighted by Crippen LogP contribution is -2.03. The molecule has 0 saturated heterocycles. The number of aromatic amines is 1. The van der Waals surface area contributed by atoms with Crippen LogP contribution in [-0.2, 0) is 6.54 Å². The fraction of sp³-hybridized carbons (Fsp3) is 0.167. The maximum atomic E-state index is 4.27. The molecule has 0 aromatic carbocycles. The van der Waals surface area contributed by atoms with E-state index >= 15 is 0 Å². The third kappa shape index (κ3) is 2.00. The van der Waals surface area contributed by atoms with Gasteiger partial charge in [0.1, 0.15) is 17.7 Å². The predicted octanol–water partition coefficient (Wildman–Crippen LogP) is 1.67. The first-order valence-corrected chi connectivity index (χ1v) is 5.64. The Morgan fingerprint density at radius 2 is 2.17 bits per heavy atom. The van der Waals surface area contributed by atoms with E-state index in [2.05, 4.69) is 30.2 Å². The van der Waals surface area contributed by atoms with E-state index < -0.39 is 0 Å². The number of pyridine rings is 1. The molecule has 90 valence electrons. The fourth-order valence-corrected chi connectivity index (χ4v) is 1.75. The summed E-state index contributed by atoms with van der Waals surface area (Å²) in [6, 6.07) is 5.81. The van der Waals surface area contributed by atoms with Crippen molar-refractivity contribution in [3.8, 4) is 0 Å². The molecule has 3 rings (SSSR count). The minimum Gasteiger partial charge on any atom is -0.363 e. The molecule has 0 radical (unpaired) electrons. The van der Waals surface area contributed by atoms with E-state index in [1.165, 1.54) is 6.33 Å². The molecule has 0 bridgehead atoms. The molecule has 0 aliphatic carbocycles. The topological polar surface area (TPSA) is 79.4 Å². The highest BCUT2D eigenvalue weighted by molar-refractivity contribution is 5.82. The Labute approximate surface area is 104 Å². The first-order chi connectivity index (χ1) is 8.83. The van der Waals surface area contributed by atoms with Crippen molar-refractivity contribution in [2.75, 3.05) is 5.32 Å². The smallest absolute Gasteiger partial charge is 0.183 e. The SMILES string of the molecule is Cc1nc2ncnc(NCc3ccccn3)c2[nH]1. The second-order valence-electron chi connectivity index (χ2n) is 3.92. The van der Waals surface area contributed by atoms with Crippen molar-refractivity contribution in [3.05, 3.63) is 42.2 Å². The lowest BCUT2D eigenvalue weighted by Gasteiger charge is -2.04. The molecule has 0 unspecified atom stereocenters. The molecule has 0 aliphatic heterocycles. The highest BCUT2D eigenvalue weighted by Gasteiger charge is 2.07. The molecule has 3 heterocycles. The summed E-state index contributed by atoms with van der Waals surface area (Å²) in [5.74, 6) is 1.57. The van der Waals surface area contributed by atoms with Crippen LogP contribution in [0, 0.1) is 6.92 Å². The Balaban J connectivity index is 1.86. The molecule has 0 fully saturated rings. The number of hydrogen-bond donors (Lipinski definition) is 2. The lowest BCUT2D eigenvalue weighted by molar-refractivity contribution is 1.03. The van der Waals surface area contributed by atoms with E-state index in [9.17, 15) is 0 Å². The molecule has 0 saturated carbocycles. The average Bonchev–Trinajstić information content (AvgIpc) is 2.78. The molecular formula is C12H12N6. The summed E-state index contributed by atoms with van der Waals surface area (Å²) >= 11 is 0. The number of aryl methyl sites for hydroxylation is 1. The number of imidazole rings is 1. The van der Waals surface area contributed by atoms with Gasteiger partial charge in [-0.2, -0.15) is 0 Å². The molecule has 0 aliphatic rings. The van der Waals surface area contributed by atoms with Gasteiger partial charge < -0.3 is 10.3 Å². The molecule has 2 N–H and O–H groups in total. The third-order valence-corrected chi connectivity index (χ3v) is 2.57. The second kappa shape index (κ2) is 4.40. The lowest BCUT2D eigenvalue weighted by atomic mass is 10.3. The molecule has 0 amide bonds. The van der Waals surface area contributed by atoms with Crippen LogP contribution >= 0.6 is 0 Å². The number of nitrogens with one attached hydrogen (secondary N) is 2. The Hall–Kier alpha value is -2.50. The third-order valence-electron chi connectivity index (χ3n) is 2.57. The van der Waals surface area contributed by atoms with E-state index in [-0.39, 0.29) is 0 Å². The number of hydrogen-bond acceptors (Lipinski definition) is 5. The van der Waals surface area contributed by atoms with Gasteiger partial charge >= 0.3 is 0 Å². The van der Waals surface area contributed by atoms with Crippen LogP contribution < -0.4 is 5.32 Å². The highest BCUT2D eigenvalue weighted by atomic mass is 15.1. The molecule has 6 nitrogen and oxygen atoms in total. The summed E-state index contributed by atoms with van der Waals surface area (Å²) in [6.45, 7) is 2.51. The van der Waals surface area contributed by atoms with Gasteiger partial charge in [-0.05, 0) is 19.1 Å². The van der Waals surface area contributed by atoms with Gasteiger partial charge in [-0.1, -0.05) is 6.07 Å². The summed E-state index contributed by atoms with van der Waals surface area (Å²) in [4.78, 5) is 20.0. The fourth-order valence-electron chi connectivity index (χ4n) is 1.75. The van der Waals surface area contributed by atoms with Gasteiger partial charge in [-0.25, -0.2) is 15.0 Å². The van der Waals surface area contributed by atoms with Crippen molar-refractivity contribution in [3.63, 3.8) is 0 Å². The van der Waals surface area contributed by atoms with Gasteiger partial charge in [-0.15, -0.1) is 0 Å². The summed E-state index contributed by atoms with van der Waals surface area (Å²) in [6.07, 6.45) is 3.27. The second-order valence-corrected chi connectivity index (χ2v) is 3.92. The van der Waals surface area contributed by atoms with Gasteiger partial charge in [0, 0.05) is 6.20 Å². The van der Waals surface area contributed by atoms with Crippen molar-refractivity contribution in [1.82, 2.24) is 24.9 Å². The van der Waals surface area contributed by atoms with Gasteiger partial charge in [0.15, 0.2) is 11.5 Å². The first-order valence-electron chi connectivity index (χ1n) is 5.64. The van der Waals surface area contributed by atoms with Gasteiger partial charge in [0.25, 0.3) is 0 Å². The zero-order valence-corrected chi connectivity index (χ0v) is 9.88. The van der Waals surface area contributed by atoms with E-state index in [4.69, 9.17) is 0 Å². The Kier molecular flexibility index (Phi) is 2.60. The molecule has 0 atom stereocenters. The van der Waals surface area contributed by atoms with Crippen LogP contribution in [0.1, 0.15) is 11.5 Å². The quantitative estimate of drug-likeness (QED) is 0.728. The summed E-state index contributed by atoms with van der Waals surface area (Å²) in [5, 5.41) is 3.23. The van der Waals surface area contributed by atoms with Gasteiger partial charge in [0.05, 0.1) is 12.2 Å². The van der Waals surface area contributed by atoms with Crippen LogP contribution in [-0.4, -0.2) is 24.9 Å². The zero-order chi connectivity index (χ0) is 12.4. The Bertz CT molecular complexity index is 661. The van der Waals surface area contributed by atoms with Crippen molar-refractivity contribution >= 4 is 17.0 Å². The number of nitrogens with zero attached hydrogens (tertiary/aromatic N) is 4. The average molecular weight is 240 g/mol. The van der Waals surface area contributed by atoms with Crippen LogP contribution in [0.15, 0.2) is 30.7 Å². The monoisotopic (exact) mass is 240 g/mol. The van der Waals surface area contributed by atoms with E-state index in [0.717, 1.165) is 22.9 Å². The van der Waals surface area contributed by atoms with Crippen molar-refractivity contribution in [1.29, 1.82) is 0 Å². The highest BCUT2D eigenvalue weighted by Crippen LogP contribution is 2.16. The number of H-pyrrole nitrogens is 1. The Morgan fingerprint density at radius 3 is 3.00 bits per heavy atom. The van der Waals surface area contributed by atoms with Crippen LogP contribution in [0.5, 0.6) is 0 Å². The molecule has 3 aromatic rings. The standard InChI is InChI=1S/C12H12N6/c1-8-17-10-11(15-7-16-12(10)18-8)14-6-9-4-2-3-5-13-9/h2-5,7H,6H2,1H3,(H2,14,15,16,17,18). The maximum Gasteiger partial charge on any atom is 0.183 e. The Morgan fingerprint density at radius 1 is 1.22 bits per heavy atom. The number of rotatable bonds is 3. The molecule has 6 heteroatoms. The van der Waals surface area contributed by atoms with E-state index in [0.29, 0.717) is 12.2 Å². The number of anilines is 1. The summed E-state index contributed by atoms with van der Waals surface area (Å²) in [7, 11) is 0. The molecule has 18 heavy (non-hydrogen) atoms. The first kappa shape index (κ1) is 10.6. The van der Waals surface area contributed by atoms with Crippen LogP contribution in [0.4, 0.5) is 5.82 Å². The summed E-state index contributed by atoms with van der Waals surface area (Å²) < 4.78 is 0. The van der Waals surface area contributed by atoms with Crippen molar-refractivity contribution in [2.45, 2.75) is 13.5 Å². The molecular weight excluding hydrogens is 228 g/mol. The van der Waals surface area contributed by atoms with Crippen LogP contribution in [0.3, 0.4) is 0 Å². The molecule has 0 spiro atoms. The minimum absolute atomic E-state index is 0.616. The predicted molar refractivity (Wildman–Crippen MR) is 68.0 cm³/mol. The van der Waals surface area contributed by atoms with Crippen molar-refractivity contribution < 1.29 is 0 Å². The summed E-state index contributed by atoms with van der Waals surface area (Å²) in [5.41, 5.74) is 2.46. The maximum absolute atomic E-state index is 4.27. The largest absolute Gasteiger partial charge is 0.363 e. The van der Waals surface area contributed by atoms with Gasteiger partial charge in [-0.3, -0.25) is 4.98 Å². The zero-order valence-electron chi connectivity index (χ0n) is 9.88. The molecule has 3 aromatic heterocycles. The minimum atomic E-state index is 0.616. The van der Waals surface area contributed by atoms with E-state index in [1.54, 1.807) is 6.20 Å². The van der Waals surface area contributed by atoms with Gasteiger partial charge in [0.2, 0.25) is 0 Å². The number of aromatic nitrogens is 5. The normalized spacial score (nSPS) is 10.7. The van der Waals surface area contributed by atoms with Crippen LogP contribution in [0.2, 0.25) is 0 Å².